The van der Waals surface area contributed by atoms with Crippen LogP contribution in [0.3, 0.4) is 0 Å². The van der Waals surface area contributed by atoms with Crippen molar-refractivity contribution < 1.29 is 5.11 Å². The smallest absolute Gasteiger partial charge is 0.0608 e. The summed E-state index contributed by atoms with van der Waals surface area (Å²) in [7, 11) is 2.20. The quantitative estimate of drug-likeness (QED) is 0.703. The third-order valence-electron chi connectivity index (χ3n) is 3.69. The fourth-order valence-electron chi connectivity index (χ4n) is 2.15. The molecule has 0 aromatic rings. The Morgan fingerprint density at radius 1 is 1.44 bits per heavy atom. The number of aliphatic hydroxyl groups is 1. The maximum atomic E-state index is 9.11. The van der Waals surface area contributed by atoms with Crippen molar-refractivity contribution in [2.75, 3.05) is 39.8 Å². The molecule has 0 saturated carbocycles. The van der Waals surface area contributed by atoms with E-state index < -0.39 is 5.54 Å². The maximum Gasteiger partial charge on any atom is 0.0608 e. The fourth-order valence-corrected chi connectivity index (χ4v) is 2.15. The Kier molecular flexibility index (Phi) is 5.18. The van der Waals surface area contributed by atoms with Gasteiger partial charge in [-0.25, -0.2) is 0 Å². The first-order valence-corrected chi connectivity index (χ1v) is 6.31. The first-order valence-electron chi connectivity index (χ1n) is 6.31. The first kappa shape index (κ1) is 13.9. The van der Waals surface area contributed by atoms with Gasteiger partial charge in [-0.15, -0.1) is 0 Å². The van der Waals surface area contributed by atoms with Crippen molar-refractivity contribution in [3.05, 3.63) is 0 Å². The lowest BCUT2D eigenvalue weighted by Crippen LogP contribution is -2.53. The highest BCUT2D eigenvalue weighted by Gasteiger charge is 2.24. The topological polar surface area (TPSA) is 52.7 Å². The second-order valence-corrected chi connectivity index (χ2v) is 5.41. The summed E-state index contributed by atoms with van der Waals surface area (Å²) in [5, 5.41) is 9.11. The molecule has 2 atom stereocenters. The summed E-state index contributed by atoms with van der Waals surface area (Å²) in [4.78, 5) is 4.90. The van der Waals surface area contributed by atoms with Gasteiger partial charge in [0, 0.05) is 37.8 Å². The molecule has 4 nitrogen and oxygen atoms in total. The Bertz CT molecular complexity index is 208. The van der Waals surface area contributed by atoms with Gasteiger partial charge < -0.3 is 20.6 Å². The third-order valence-corrected chi connectivity index (χ3v) is 3.69. The van der Waals surface area contributed by atoms with E-state index in [4.69, 9.17) is 10.8 Å². The van der Waals surface area contributed by atoms with E-state index in [-0.39, 0.29) is 6.61 Å². The van der Waals surface area contributed by atoms with Crippen LogP contribution in [0.25, 0.3) is 0 Å². The van der Waals surface area contributed by atoms with E-state index in [1.54, 1.807) is 0 Å². The van der Waals surface area contributed by atoms with Gasteiger partial charge in [-0.1, -0.05) is 6.92 Å². The van der Waals surface area contributed by atoms with Crippen LogP contribution in [-0.4, -0.2) is 66.3 Å². The largest absolute Gasteiger partial charge is 0.394 e. The van der Waals surface area contributed by atoms with Gasteiger partial charge in [0.15, 0.2) is 0 Å². The third kappa shape index (κ3) is 4.01. The van der Waals surface area contributed by atoms with E-state index in [9.17, 15) is 0 Å². The number of rotatable bonds is 5. The molecule has 0 spiro atoms. The van der Waals surface area contributed by atoms with Crippen LogP contribution in [0.15, 0.2) is 0 Å². The number of hydrogen-bond donors (Lipinski definition) is 2. The highest BCUT2D eigenvalue weighted by atomic mass is 16.3. The number of nitrogens with two attached hydrogens (primary N) is 1. The number of hydrogen-bond acceptors (Lipinski definition) is 4. The van der Waals surface area contributed by atoms with Gasteiger partial charge in [0.25, 0.3) is 0 Å². The van der Waals surface area contributed by atoms with Gasteiger partial charge >= 0.3 is 0 Å². The molecule has 1 aliphatic rings. The van der Waals surface area contributed by atoms with Crippen LogP contribution in [0.2, 0.25) is 0 Å². The Morgan fingerprint density at radius 3 is 2.69 bits per heavy atom. The second kappa shape index (κ2) is 5.96. The average molecular weight is 229 g/mol. The number of piperazine rings is 1. The summed E-state index contributed by atoms with van der Waals surface area (Å²) in [6, 6.07) is 0.673. The molecule has 96 valence electrons. The average Bonchev–Trinajstić information content (AvgIpc) is 2.28. The molecule has 1 saturated heterocycles. The van der Waals surface area contributed by atoms with Crippen molar-refractivity contribution in [2.24, 2.45) is 5.73 Å². The molecule has 0 aromatic carbocycles. The fraction of sp³-hybridized carbons (Fsp3) is 1.00. The van der Waals surface area contributed by atoms with E-state index in [1.807, 2.05) is 6.92 Å². The van der Waals surface area contributed by atoms with Crippen LogP contribution < -0.4 is 5.73 Å². The molecule has 1 fully saturated rings. The Morgan fingerprint density at radius 2 is 2.12 bits per heavy atom. The molecule has 16 heavy (non-hydrogen) atoms. The van der Waals surface area contributed by atoms with Crippen molar-refractivity contribution in [1.82, 2.24) is 9.80 Å². The molecule has 3 N–H and O–H groups in total. The summed E-state index contributed by atoms with van der Waals surface area (Å²) in [5.41, 5.74) is 5.52. The van der Waals surface area contributed by atoms with Crippen molar-refractivity contribution >= 4 is 0 Å². The Labute approximate surface area is 99.4 Å². The highest BCUT2D eigenvalue weighted by Crippen LogP contribution is 2.13. The van der Waals surface area contributed by atoms with Gasteiger partial charge in [0.1, 0.15) is 0 Å². The minimum absolute atomic E-state index is 0.0674. The molecule has 0 aromatic heterocycles. The second-order valence-electron chi connectivity index (χ2n) is 5.41. The predicted molar refractivity (Wildman–Crippen MR) is 67.4 cm³/mol. The first-order chi connectivity index (χ1) is 7.48. The zero-order chi connectivity index (χ0) is 12.2. The van der Waals surface area contributed by atoms with E-state index in [0.717, 1.165) is 32.6 Å². The molecule has 0 amide bonds. The number of likely N-dealkylation sites (N-methyl/N-ethyl adjacent to an activating group) is 1. The van der Waals surface area contributed by atoms with Gasteiger partial charge in [0.05, 0.1) is 6.61 Å². The molecule has 4 heteroatoms. The zero-order valence-electron chi connectivity index (χ0n) is 10.9. The van der Waals surface area contributed by atoms with E-state index in [1.165, 1.54) is 6.42 Å². The minimum Gasteiger partial charge on any atom is -0.394 e. The Hall–Kier alpha value is -0.160. The lowest BCUT2D eigenvalue weighted by atomic mass is 10.00. The minimum atomic E-state index is -0.426. The highest BCUT2D eigenvalue weighted by molar-refractivity contribution is 4.83. The summed E-state index contributed by atoms with van der Waals surface area (Å²) >= 11 is 0. The monoisotopic (exact) mass is 229 g/mol. The van der Waals surface area contributed by atoms with Crippen LogP contribution >= 0.6 is 0 Å². The molecule has 0 bridgehead atoms. The summed E-state index contributed by atoms with van der Waals surface area (Å²) < 4.78 is 0. The molecular formula is C12H27N3O. The van der Waals surface area contributed by atoms with Gasteiger partial charge in [0.2, 0.25) is 0 Å². The normalized spacial score (nSPS) is 27.9. The SMILES string of the molecule is CCC1CN(CCC(C)(N)CO)CCN1C. The molecule has 0 aliphatic carbocycles. The molecule has 1 rings (SSSR count). The maximum absolute atomic E-state index is 9.11. The standard InChI is InChI=1S/C12H27N3O/c1-4-11-9-15(8-7-14(11)3)6-5-12(2,13)10-16/h11,16H,4-10,13H2,1-3H3. The molecule has 0 radical (unpaired) electrons. The van der Waals surface area contributed by atoms with Gasteiger partial charge in [-0.05, 0) is 26.8 Å². The van der Waals surface area contributed by atoms with Crippen LogP contribution in [0, 0.1) is 0 Å². The summed E-state index contributed by atoms with van der Waals surface area (Å²) in [6.45, 7) is 8.61. The molecule has 1 heterocycles. The predicted octanol–water partition coefficient (Wildman–Crippen LogP) is 0.112. The van der Waals surface area contributed by atoms with Crippen LogP contribution in [0.1, 0.15) is 26.7 Å². The van der Waals surface area contributed by atoms with Crippen LogP contribution in [-0.2, 0) is 0 Å². The molecular weight excluding hydrogens is 202 g/mol. The summed E-state index contributed by atoms with van der Waals surface area (Å²) in [6.07, 6.45) is 2.07. The van der Waals surface area contributed by atoms with E-state index in [2.05, 4.69) is 23.8 Å². The van der Waals surface area contributed by atoms with Crippen LogP contribution in [0.4, 0.5) is 0 Å². The van der Waals surface area contributed by atoms with E-state index in [0.29, 0.717) is 6.04 Å². The van der Waals surface area contributed by atoms with E-state index >= 15 is 0 Å². The molecule has 1 aliphatic heterocycles. The number of nitrogens with zero attached hydrogens (tertiary/aromatic N) is 2. The number of aliphatic hydroxyl groups excluding tert-OH is 1. The van der Waals surface area contributed by atoms with Crippen molar-refractivity contribution in [3.8, 4) is 0 Å². The van der Waals surface area contributed by atoms with Gasteiger partial charge in [-0.2, -0.15) is 0 Å². The molecule has 2 unspecified atom stereocenters. The lowest BCUT2D eigenvalue weighted by molar-refractivity contribution is 0.0830. The van der Waals surface area contributed by atoms with Gasteiger partial charge in [-0.3, -0.25) is 0 Å². The van der Waals surface area contributed by atoms with Crippen molar-refractivity contribution in [1.29, 1.82) is 0 Å². The Balaban J connectivity index is 2.33. The van der Waals surface area contributed by atoms with Crippen molar-refractivity contribution in [2.45, 2.75) is 38.3 Å². The summed E-state index contributed by atoms with van der Waals surface area (Å²) in [5.74, 6) is 0. The van der Waals surface area contributed by atoms with Crippen molar-refractivity contribution in [3.63, 3.8) is 0 Å². The lowest BCUT2D eigenvalue weighted by Gasteiger charge is -2.40. The van der Waals surface area contributed by atoms with Crippen LogP contribution in [0.5, 0.6) is 0 Å². The zero-order valence-corrected chi connectivity index (χ0v) is 10.9.